The summed E-state index contributed by atoms with van der Waals surface area (Å²) in [7, 11) is 0. The number of benzene rings is 2. The first-order valence-corrected chi connectivity index (χ1v) is 10.3. The lowest BCUT2D eigenvalue weighted by atomic mass is 10.1. The van der Waals surface area contributed by atoms with E-state index in [2.05, 4.69) is 5.32 Å². The number of ether oxygens (including phenoxy) is 1. The second-order valence-electron chi connectivity index (χ2n) is 7.35. The fourth-order valence-electron chi connectivity index (χ4n) is 3.11. The predicted octanol–water partition coefficient (Wildman–Crippen LogP) is 4.10. The third kappa shape index (κ3) is 6.93. The lowest BCUT2D eigenvalue weighted by Crippen LogP contribution is -2.51. The van der Waals surface area contributed by atoms with Crippen LogP contribution in [0.3, 0.4) is 0 Å². The highest BCUT2D eigenvalue weighted by molar-refractivity contribution is 5.88. The van der Waals surface area contributed by atoms with Gasteiger partial charge in [0.25, 0.3) is 5.91 Å². The van der Waals surface area contributed by atoms with Gasteiger partial charge >= 0.3 is 0 Å². The van der Waals surface area contributed by atoms with Crippen LogP contribution in [0.1, 0.15) is 44.7 Å². The molecule has 0 aromatic heterocycles. The summed E-state index contributed by atoms with van der Waals surface area (Å²) >= 11 is 0. The number of nitrogens with zero attached hydrogens (tertiary/aromatic N) is 1. The molecule has 0 bridgehead atoms. The molecular formula is C24H32N2O3. The summed E-state index contributed by atoms with van der Waals surface area (Å²) in [6.45, 7) is 8.19. The van der Waals surface area contributed by atoms with Crippen LogP contribution in [0.2, 0.25) is 0 Å². The minimum absolute atomic E-state index is 0.0630. The lowest BCUT2D eigenvalue weighted by molar-refractivity contribution is -0.143. The van der Waals surface area contributed by atoms with Crippen molar-refractivity contribution in [2.75, 3.05) is 6.61 Å². The maximum Gasteiger partial charge on any atom is 0.261 e. The first-order chi connectivity index (χ1) is 13.9. The minimum atomic E-state index is -0.545. The second kappa shape index (κ2) is 11.2. The van der Waals surface area contributed by atoms with Gasteiger partial charge in [0.2, 0.25) is 5.91 Å². The van der Waals surface area contributed by atoms with Crippen LogP contribution >= 0.6 is 0 Å². The van der Waals surface area contributed by atoms with Gasteiger partial charge in [0.05, 0.1) is 0 Å². The van der Waals surface area contributed by atoms with E-state index in [9.17, 15) is 9.59 Å². The van der Waals surface area contributed by atoms with E-state index in [4.69, 9.17) is 4.74 Å². The molecule has 0 aliphatic heterocycles. The molecule has 0 heterocycles. The Morgan fingerprint density at radius 1 is 1.03 bits per heavy atom. The number of carbonyl (C=O) groups is 2. The fourth-order valence-corrected chi connectivity index (χ4v) is 3.11. The average Bonchev–Trinajstić information content (AvgIpc) is 2.72. The van der Waals surface area contributed by atoms with Crippen molar-refractivity contribution >= 4 is 11.8 Å². The molecule has 2 rings (SSSR count). The molecular weight excluding hydrogens is 364 g/mol. The summed E-state index contributed by atoms with van der Waals surface area (Å²) in [5, 5.41) is 3.01. The molecule has 1 N–H and O–H groups in total. The summed E-state index contributed by atoms with van der Waals surface area (Å²) in [6.07, 6.45) is 1.37. The standard InChI is InChI=1S/C24H32N2O3/c1-5-19(4)25-24(28)22(6-2)26(16-20-12-10-11-18(3)15-20)23(27)17-29-21-13-8-7-9-14-21/h7-15,19,22H,5-6,16-17H2,1-4H3,(H,25,28)/t19-,22-/m0/s1. The summed E-state index contributed by atoms with van der Waals surface area (Å²) in [4.78, 5) is 27.6. The number of hydrogen-bond donors (Lipinski definition) is 1. The minimum Gasteiger partial charge on any atom is -0.484 e. The SMILES string of the molecule is CC[C@H](C)NC(=O)[C@H](CC)N(Cc1cccc(C)c1)C(=O)COc1ccccc1. The molecule has 2 amide bonds. The van der Waals surface area contributed by atoms with E-state index in [-0.39, 0.29) is 24.5 Å². The number of rotatable bonds is 10. The van der Waals surface area contributed by atoms with Crippen LogP contribution < -0.4 is 10.1 Å². The van der Waals surface area contributed by atoms with Crippen LogP contribution in [0.4, 0.5) is 0 Å². The van der Waals surface area contributed by atoms with Crippen LogP contribution in [0.25, 0.3) is 0 Å². The Morgan fingerprint density at radius 3 is 2.38 bits per heavy atom. The second-order valence-corrected chi connectivity index (χ2v) is 7.35. The number of para-hydroxylation sites is 1. The highest BCUT2D eigenvalue weighted by atomic mass is 16.5. The van der Waals surface area contributed by atoms with Crippen molar-refractivity contribution in [3.05, 3.63) is 65.7 Å². The molecule has 2 aromatic rings. The summed E-state index contributed by atoms with van der Waals surface area (Å²) < 4.78 is 5.66. The first kappa shape index (κ1) is 22.5. The molecule has 0 saturated carbocycles. The molecule has 0 spiro atoms. The zero-order chi connectivity index (χ0) is 21.2. The summed E-state index contributed by atoms with van der Waals surface area (Å²) in [6, 6.07) is 16.8. The van der Waals surface area contributed by atoms with Crippen molar-refractivity contribution in [1.29, 1.82) is 0 Å². The molecule has 2 atom stereocenters. The van der Waals surface area contributed by atoms with Gasteiger partial charge in [-0.1, -0.05) is 61.9 Å². The molecule has 5 nitrogen and oxygen atoms in total. The van der Waals surface area contributed by atoms with Crippen molar-refractivity contribution in [3.63, 3.8) is 0 Å². The molecule has 29 heavy (non-hydrogen) atoms. The van der Waals surface area contributed by atoms with Crippen molar-refractivity contribution in [3.8, 4) is 5.75 Å². The number of hydrogen-bond acceptors (Lipinski definition) is 3. The van der Waals surface area contributed by atoms with Crippen LogP contribution in [0, 0.1) is 6.92 Å². The maximum absolute atomic E-state index is 13.1. The highest BCUT2D eigenvalue weighted by Crippen LogP contribution is 2.15. The van der Waals surface area contributed by atoms with Gasteiger partial charge in [-0.15, -0.1) is 0 Å². The zero-order valence-electron chi connectivity index (χ0n) is 17.9. The Kier molecular flexibility index (Phi) is 8.71. The van der Waals surface area contributed by atoms with Gasteiger partial charge in [0.1, 0.15) is 11.8 Å². The Morgan fingerprint density at radius 2 is 1.76 bits per heavy atom. The van der Waals surface area contributed by atoms with Gasteiger partial charge in [-0.25, -0.2) is 0 Å². The molecule has 0 aliphatic carbocycles. The van der Waals surface area contributed by atoms with Gasteiger partial charge in [0, 0.05) is 12.6 Å². The fraction of sp³-hybridized carbons (Fsp3) is 0.417. The number of nitrogens with one attached hydrogen (secondary N) is 1. The van der Waals surface area contributed by atoms with E-state index in [1.165, 1.54) is 0 Å². The Bertz CT molecular complexity index is 792. The molecule has 5 heteroatoms. The van der Waals surface area contributed by atoms with E-state index < -0.39 is 6.04 Å². The normalized spacial score (nSPS) is 12.7. The highest BCUT2D eigenvalue weighted by Gasteiger charge is 2.29. The molecule has 0 unspecified atom stereocenters. The van der Waals surface area contributed by atoms with Crippen molar-refractivity contribution in [1.82, 2.24) is 10.2 Å². The van der Waals surface area contributed by atoms with Gasteiger partial charge in [0.15, 0.2) is 6.61 Å². The van der Waals surface area contributed by atoms with Crippen molar-refractivity contribution < 1.29 is 14.3 Å². The van der Waals surface area contributed by atoms with E-state index in [0.717, 1.165) is 17.5 Å². The Hall–Kier alpha value is -2.82. The molecule has 0 saturated heterocycles. The van der Waals surface area contributed by atoms with Gasteiger partial charge in [-0.05, 0) is 44.4 Å². The van der Waals surface area contributed by atoms with Gasteiger partial charge in [-0.2, -0.15) is 0 Å². The third-order valence-electron chi connectivity index (χ3n) is 4.93. The van der Waals surface area contributed by atoms with Crippen LogP contribution in [0.15, 0.2) is 54.6 Å². The van der Waals surface area contributed by atoms with E-state index in [0.29, 0.717) is 18.7 Å². The van der Waals surface area contributed by atoms with Crippen LogP contribution in [-0.4, -0.2) is 35.4 Å². The monoisotopic (exact) mass is 396 g/mol. The van der Waals surface area contributed by atoms with E-state index in [1.807, 2.05) is 82.3 Å². The van der Waals surface area contributed by atoms with Crippen LogP contribution in [-0.2, 0) is 16.1 Å². The quantitative estimate of drug-likeness (QED) is 0.658. The van der Waals surface area contributed by atoms with E-state index >= 15 is 0 Å². The zero-order valence-corrected chi connectivity index (χ0v) is 17.9. The number of amides is 2. The maximum atomic E-state index is 13.1. The topological polar surface area (TPSA) is 58.6 Å². The summed E-state index contributed by atoms with van der Waals surface area (Å²) in [5.41, 5.74) is 2.11. The molecule has 0 aliphatic rings. The van der Waals surface area contributed by atoms with Crippen LogP contribution in [0.5, 0.6) is 5.75 Å². The Labute approximate surface area is 174 Å². The third-order valence-corrected chi connectivity index (χ3v) is 4.93. The van der Waals surface area contributed by atoms with Crippen molar-refractivity contribution in [2.45, 2.75) is 59.2 Å². The molecule has 0 fully saturated rings. The smallest absolute Gasteiger partial charge is 0.261 e. The predicted molar refractivity (Wildman–Crippen MR) is 116 cm³/mol. The molecule has 0 radical (unpaired) electrons. The first-order valence-electron chi connectivity index (χ1n) is 10.3. The van der Waals surface area contributed by atoms with Gasteiger partial charge in [-0.3, -0.25) is 9.59 Å². The molecule has 2 aromatic carbocycles. The number of carbonyl (C=O) groups excluding carboxylic acids is 2. The van der Waals surface area contributed by atoms with E-state index in [1.54, 1.807) is 4.90 Å². The molecule has 156 valence electrons. The average molecular weight is 397 g/mol. The lowest BCUT2D eigenvalue weighted by Gasteiger charge is -2.31. The largest absolute Gasteiger partial charge is 0.484 e. The van der Waals surface area contributed by atoms with Crippen molar-refractivity contribution in [2.24, 2.45) is 0 Å². The van der Waals surface area contributed by atoms with Gasteiger partial charge < -0.3 is 15.0 Å². The Balaban J connectivity index is 2.20. The summed E-state index contributed by atoms with van der Waals surface area (Å²) in [5.74, 6) is 0.303. The number of aryl methyl sites for hydroxylation is 1.